The molecule has 0 radical (unpaired) electrons. The van der Waals surface area contributed by atoms with Gasteiger partial charge in [-0.2, -0.15) is 0 Å². The number of hydrogen-bond acceptors (Lipinski definition) is 3. The van der Waals surface area contributed by atoms with Crippen LogP contribution in [0.1, 0.15) is 11.5 Å². The van der Waals surface area contributed by atoms with Crippen molar-refractivity contribution < 1.29 is 4.42 Å². The molecular formula is C12H13BrN2O. The van der Waals surface area contributed by atoms with E-state index in [1.165, 1.54) is 5.56 Å². The molecule has 0 fully saturated rings. The largest absolute Gasteiger partial charge is 0.441 e. The van der Waals surface area contributed by atoms with Crippen LogP contribution in [0, 0.1) is 6.92 Å². The third-order valence-electron chi connectivity index (χ3n) is 2.37. The average molecular weight is 281 g/mol. The highest BCUT2D eigenvalue weighted by atomic mass is 79.9. The van der Waals surface area contributed by atoms with Crippen molar-refractivity contribution in [2.75, 3.05) is 6.54 Å². The molecule has 0 aliphatic heterocycles. The van der Waals surface area contributed by atoms with Gasteiger partial charge in [-0.3, -0.25) is 0 Å². The number of nitrogens with zero attached hydrogens (tertiary/aromatic N) is 1. The molecular weight excluding hydrogens is 268 g/mol. The molecule has 1 aromatic carbocycles. The lowest BCUT2D eigenvalue weighted by atomic mass is 10.1. The van der Waals surface area contributed by atoms with Crippen molar-refractivity contribution in [3.8, 4) is 11.3 Å². The number of nitrogens with two attached hydrogens (primary N) is 1. The molecule has 4 heteroatoms. The van der Waals surface area contributed by atoms with Crippen LogP contribution >= 0.6 is 15.9 Å². The number of benzene rings is 1. The zero-order valence-electron chi connectivity index (χ0n) is 9.03. The monoisotopic (exact) mass is 280 g/mol. The highest BCUT2D eigenvalue weighted by Crippen LogP contribution is 2.31. The molecule has 0 saturated carbocycles. The van der Waals surface area contributed by atoms with Gasteiger partial charge in [0.05, 0.1) is 6.20 Å². The molecule has 0 aliphatic rings. The minimum absolute atomic E-state index is 0.551. The lowest BCUT2D eigenvalue weighted by molar-refractivity contribution is 0.508. The van der Waals surface area contributed by atoms with Crippen molar-refractivity contribution in [1.82, 2.24) is 4.98 Å². The summed E-state index contributed by atoms with van der Waals surface area (Å²) in [6, 6.07) is 6.05. The standard InChI is InChI=1S/C12H13BrN2O/c1-8-3-2-4-9(12(8)13)10-7-15-11(16-10)5-6-14/h2-4,7H,5-6,14H2,1H3. The molecule has 1 heterocycles. The van der Waals surface area contributed by atoms with Gasteiger partial charge in [0.2, 0.25) is 0 Å². The number of aromatic nitrogens is 1. The third-order valence-corrected chi connectivity index (χ3v) is 3.42. The molecule has 0 amide bonds. The first-order chi connectivity index (χ1) is 7.72. The molecule has 16 heavy (non-hydrogen) atoms. The first-order valence-electron chi connectivity index (χ1n) is 5.12. The molecule has 0 bridgehead atoms. The number of hydrogen-bond donors (Lipinski definition) is 1. The van der Waals surface area contributed by atoms with Crippen molar-refractivity contribution >= 4 is 15.9 Å². The summed E-state index contributed by atoms with van der Waals surface area (Å²) in [7, 11) is 0. The van der Waals surface area contributed by atoms with Gasteiger partial charge in [-0.25, -0.2) is 4.98 Å². The van der Waals surface area contributed by atoms with Crippen LogP contribution in [0.25, 0.3) is 11.3 Å². The summed E-state index contributed by atoms with van der Waals surface area (Å²) in [4.78, 5) is 4.19. The van der Waals surface area contributed by atoms with Gasteiger partial charge in [0.1, 0.15) is 0 Å². The number of aryl methyl sites for hydroxylation is 1. The van der Waals surface area contributed by atoms with E-state index in [1.807, 2.05) is 25.1 Å². The van der Waals surface area contributed by atoms with E-state index in [0.29, 0.717) is 18.9 Å². The molecule has 0 spiro atoms. The fourth-order valence-electron chi connectivity index (χ4n) is 1.51. The summed E-state index contributed by atoms with van der Waals surface area (Å²) in [6.45, 7) is 2.60. The van der Waals surface area contributed by atoms with Crippen LogP contribution in [0.15, 0.2) is 33.3 Å². The molecule has 84 valence electrons. The van der Waals surface area contributed by atoms with E-state index in [0.717, 1.165) is 15.8 Å². The second kappa shape index (κ2) is 4.80. The van der Waals surface area contributed by atoms with Crippen molar-refractivity contribution in [3.63, 3.8) is 0 Å². The Balaban J connectivity index is 2.39. The summed E-state index contributed by atoms with van der Waals surface area (Å²) < 4.78 is 6.67. The molecule has 0 saturated heterocycles. The van der Waals surface area contributed by atoms with Gasteiger partial charge >= 0.3 is 0 Å². The molecule has 3 nitrogen and oxygen atoms in total. The summed E-state index contributed by atoms with van der Waals surface area (Å²) in [6.07, 6.45) is 2.41. The van der Waals surface area contributed by atoms with Crippen LogP contribution in [0.4, 0.5) is 0 Å². The van der Waals surface area contributed by atoms with Crippen molar-refractivity contribution in [3.05, 3.63) is 40.3 Å². The second-order valence-corrected chi connectivity index (χ2v) is 4.39. The first-order valence-corrected chi connectivity index (χ1v) is 5.92. The quantitative estimate of drug-likeness (QED) is 0.941. The topological polar surface area (TPSA) is 52.0 Å². The maximum atomic E-state index is 5.62. The third kappa shape index (κ3) is 2.18. The lowest BCUT2D eigenvalue weighted by Gasteiger charge is -2.03. The fraction of sp³-hybridized carbons (Fsp3) is 0.250. The second-order valence-electron chi connectivity index (χ2n) is 3.59. The van der Waals surface area contributed by atoms with Crippen molar-refractivity contribution in [2.45, 2.75) is 13.3 Å². The summed E-state index contributed by atoms with van der Waals surface area (Å²) in [5.41, 5.74) is 7.65. The predicted molar refractivity (Wildman–Crippen MR) is 67.1 cm³/mol. The van der Waals surface area contributed by atoms with E-state index in [9.17, 15) is 0 Å². The normalized spacial score (nSPS) is 10.7. The Kier molecular flexibility index (Phi) is 3.41. The molecule has 0 aliphatic carbocycles. The Morgan fingerprint density at radius 3 is 3.00 bits per heavy atom. The molecule has 1 aromatic heterocycles. The molecule has 0 unspecified atom stereocenters. The maximum Gasteiger partial charge on any atom is 0.196 e. The van der Waals surface area contributed by atoms with E-state index >= 15 is 0 Å². The minimum Gasteiger partial charge on any atom is -0.441 e. The predicted octanol–water partition coefficient (Wildman–Crippen LogP) is 2.91. The summed E-state index contributed by atoms with van der Waals surface area (Å²) >= 11 is 3.55. The van der Waals surface area contributed by atoms with Gasteiger partial charge in [-0.1, -0.05) is 18.2 Å². The Bertz CT molecular complexity index is 494. The maximum absolute atomic E-state index is 5.62. The molecule has 0 atom stereocenters. The van der Waals surface area contributed by atoms with Gasteiger partial charge < -0.3 is 10.2 Å². The Hall–Kier alpha value is -1.13. The highest BCUT2D eigenvalue weighted by Gasteiger charge is 2.10. The zero-order valence-corrected chi connectivity index (χ0v) is 10.6. The van der Waals surface area contributed by atoms with Crippen LogP contribution in [-0.4, -0.2) is 11.5 Å². The average Bonchev–Trinajstić information content (AvgIpc) is 2.71. The summed E-state index contributed by atoms with van der Waals surface area (Å²) in [5.74, 6) is 1.46. The van der Waals surface area contributed by atoms with Gasteiger partial charge in [0.25, 0.3) is 0 Å². The molecule has 2 N–H and O–H groups in total. The van der Waals surface area contributed by atoms with Crippen molar-refractivity contribution in [2.24, 2.45) is 5.73 Å². The SMILES string of the molecule is Cc1cccc(-c2cnc(CCN)o2)c1Br. The Morgan fingerprint density at radius 1 is 1.44 bits per heavy atom. The Labute approximate surface area is 103 Å². The van der Waals surface area contributed by atoms with Crippen molar-refractivity contribution in [1.29, 1.82) is 0 Å². The smallest absolute Gasteiger partial charge is 0.196 e. The zero-order chi connectivity index (χ0) is 11.5. The fourth-order valence-corrected chi connectivity index (χ4v) is 1.97. The van der Waals surface area contributed by atoms with Crippen LogP contribution in [-0.2, 0) is 6.42 Å². The number of rotatable bonds is 3. The number of halogens is 1. The van der Waals surface area contributed by atoms with E-state index in [1.54, 1.807) is 6.20 Å². The van der Waals surface area contributed by atoms with Gasteiger partial charge in [0.15, 0.2) is 11.7 Å². The number of oxazole rings is 1. The van der Waals surface area contributed by atoms with E-state index in [2.05, 4.69) is 20.9 Å². The highest BCUT2D eigenvalue weighted by molar-refractivity contribution is 9.10. The van der Waals surface area contributed by atoms with Gasteiger partial charge in [-0.05, 0) is 28.4 Å². The van der Waals surface area contributed by atoms with E-state index in [4.69, 9.17) is 10.2 Å². The van der Waals surface area contributed by atoms with Crippen LogP contribution in [0.2, 0.25) is 0 Å². The van der Waals surface area contributed by atoms with Gasteiger partial charge in [0, 0.05) is 23.0 Å². The first kappa shape index (κ1) is 11.4. The van der Waals surface area contributed by atoms with Crippen LogP contribution in [0.5, 0.6) is 0 Å². The molecule has 2 rings (SSSR count). The minimum atomic E-state index is 0.551. The summed E-state index contributed by atoms with van der Waals surface area (Å²) in [5, 5.41) is 0. The van der Waals surface area contributed by atoms with E-state index in [-0.39, 0.29) is 0 Å². The van der Waals surface area contributed by atoms with Gasteiger partial charge in [-0.15, -0.1) is 0 Å². The lowest BCUT2D eigenvalue weighted by Crippen LogP contribution is -2.02. The molecule has 2 aromatic rings. The van der Waals surface area contributed by atoms with Crippen LogP contribution in [0.3, 0.4) is 0 Å². The van der Waals surface area contributed by atoms with Crippen LogP contribution < -0.4 is 5.73 Å². The van der Waals surface area contributed by atoms with E-state index < -0.39 is 0 Å². The Morgan fingerprint density at radius 2 is 2.25 bits per heavy atom.